The molecule has 3 rings (SSSR count). The lowest BCUT2D eigenvalue weighted by atomic mass is 9.87. The first kappa shape index (κ1) is 36.0. The van der Waals surface area contributed by atoms with Gasteiger partial charge in [0, 0.05) is 29.9 Å². The molecule has 0 aliphatic heterocycles. The van der Waals surface area contributed by atoms with Gasteiger partial charge in [0.25, 0.3) is 0 Å². The molecule has 0 aromatic heterocycles. The number of nitrogens with one attached hydrogen (secondary N) is 3. The molecule has 0 heterocycles. The fraction of sp³-hybridized carbons (Fsp3) is 0.421. The number of esters is 1. The summed E-state index contributed by atoms with van der Waals surface area (Å²) in [6.45, 7) is 12.7. The van der Waals surface area contributed by atoms with E-state index >= 15 is 0 Å². The molecule has 0 saturated carbocycles. The van der Waals surface area contributed by atoms with Crippen LogP contribution >= 0.6 is 0 Å². The fourth-order valence-electron chi connectivity index (χ4n) is 4.95. The highest BCUT2D eigenvalue weighted by molar-refractivity contribution is 6.15. The number of carbonyl (C=O) groups is 4. The van der Waals surface area contributed by atoms with Crippen molar-refractivity contribution in [2.75, 3.05) is 23.1 Å². The van der Waals surface area contributed by atoms with Crippen molar-refractivity contribution < 1.29 is 23.9 Å². The van der Waals surface area contributed by atoms with E-state index in [1.165, 1.54) is 7.11 Å². The van der Waals surface area contributed by atoms with Crippen LogP contribution in [0.15, 0.2) is 72.8 Å². The Hall–Kier alpha value is -4.46. The van der Waals surface area contributed by atoms with Crippen LogP contribution < -0.4 is 16.0 Å². The van der Waals surface area contributed by atoms with Crippen molar-refractivity contribution in [3.8, 4) is 0 Å². The maximum Gasteiger partial charge on any atom is 0.305 e. The normalized spacial score (nSPS) is 11.6. The molecule has 3 aromatic rings. The number of amides is 3. The van der Waals surface area contributed by atoms with Crippen LogP contribution in [0.1, 0.15) is 103 Å². The topological polar surface area (TPSA) is 114 Å². The van der Waals surface area contributed by atoms with E-state index in [0.717, 1.165) is 30.4 Å². The first-order chi connectivity index (χ1) is 21.7. The summed E-state index contributed by atoms with van der Waals surface area (Å²) in [5, 5.41) is 8.71. The van der Waals surface area contributed by atoms with Crippen molar-refractivity contribution in [1.82, 2.24) is 0 Å². The highest BCUT2D eigenvalue weighted by Crippen LogP contribution is 2.27. The molecule has 46 heavy (non-hydrogen) atoms. The maximum atomic E-state index is 13.7. The van der Waals surface area contributed by atoms with Gasteiger partial charge in [-0.2, -0.15) is 0 Å². The van der Waals surface area contributed by atoms with Crippen molar-refractivity contribution in [2.24, 2.45) is 0 Å². The molecule has 0 aliphatic rings. The molecule has 3 N–H and O–H groups in total. The Morgan fingerprint density at radius 2 is 0.957 bits per heavy atom. The van der Waals surface area contributed by atoms with Crippen LogP contribution in [-0.4, -0.2) is 30.8 Å². The molecular weight excluding hydrogens is 578 g/mol. The average molecular weight is 628 g/mol. The van der Waals surface area contributed by atoms with Crippen LogP contribution in [0.3, 0.4) is 0 Å². The fourth-order valence-corrected chi connectivity index (χ4v) is 4.95. The van der Waals surface area contributed by atoms with Crippen LogP contribution in [0.25, 0.3) is 0 Å². The lowest BCUT2D eigenvalue weighted by Crippen LogP contribution is -2.32. The second kappa shape index (κ2) is 16.2. The monoisotopic (exact) mass is 627 g/mol. The summed E-state index contributed by atoms with van der Waals surface area (Å²) in [4.78, 5) is 51.0. The lowest BCUT2D eigenvalue weighted by molar-refractivity contribution is -0.140. The zero-order valence-corrected chi connectivity index (χ0v) is 28.3. The number of hydrogen-bond acceptors (Lipinski definition) is 5. The zero-order chi connectivity index (χ0) is 33.9. The molecule has 3 aromatic carbocycles. The minimum atomic E-state index is -1.14. The highest BCUT2D eigenvalue weighted by Gasteiger charge is 2.29. The second-order valence-electron chi connectivity index (χ2n) is 13.7. The summed E-state index contributed by atoms with van der Waals surface area (Å²) in [6, 6.07) is 22.1. The number of ether oxygens (including phenoxy) is 1. The molecule has 0 atom stereocenters. The Balaban J connectivity index is 1.71. The van der Waals surface area contributed by atoms with Crippen molar-refractivity contribution in [3.05, 3.63) is 89.5 Å². The quantitative estimate of drug-likeness (QED) is 0.101. The summed E-state index contributed by atoms with van der Waals surface area (Å²) in [5.74, 6) is -2.40. The van der Waals surface area contributed by atoms with E-state index in [-0.39, 0.29) is 22.7 Å². The summed E-state index contributed by atoms with van der Waals surface area (Å²) in [7, 11) is 1.38. The SMILES string of the molecule is COC(=O)CCCCCCC(=O)Nc1ccc(C(C(=O)Nc2ccc(C(C)(C)C)cc2)C(=O)Nc2ccc(C(C)(C)C)cc2)cc1. The molecule has 0 spiro atoms. The van der Waals surface area contributed by atoms with Gasteiger partial charge < -0.3 is 20.7 Å². The first-order valence-corrected chi connectivity index (χ1v) is 16.0. The van der Waals surface area contributed by atoms with Gasteiger partial charge in [-0.1, -0.05) is 90.8 Å². The molecule has 0 radical (unpaired) electrons. The number of benzene rings is 3. The van der Waals surface area contributed by atoms with Gasteiger partial charge >= 0.3 is 5.97 Å². The van der Waals surface area contributed by atoms with Crippen LogP contribution in [-0.2, 0) is 34.7 Å². The second-order valence-corrected chi connectivity index (χ2v) is 13.7. The molecule has 0 saturated heterocycles. The van der Waals surface area contributed by atoms with Gasteiger partial charge in [0.15, 0.2) is 0 Å². The maximum absolute atomic E-state index is 13.7. The van der Waals surface area contributed by atoms with Gasteiger partial charge in [-0.05, 0) is 76.8 Å². The van der Waals surface area contributed by atoms with E-state index in [4.69, 9.17) is 0 Å². The third-order valence-electron chi connectivity index (χ3n) is 7.85. The zero-order valence-electron chi connectivity index (χ0n) is 28.3. The van der Waals surface area contributed by atoms with Gasteiger partial charge in [-0.3, -0.25) is 19.2 Å². The van der Waals surface area contributed by atoms with Gasteiger partial charge in [0.2, 0.25) is 17.7 Å². The standard InChI is InChI=1S/C38H49N3O5/c1-37(2,3)27-16-22-30(23-17-27)40-35(44)34(36(45)41-31-24-18-28(19-25-31)38(4,5)6)26-14-20-29(21-15-26)39-32(42)12-10-8-9-11-13-33(43)46-7/h14-25,34H,8-13H2,1-7H3,(H,39,42)(H,40,44)(H,41,45). The molecule has 0 bridgehead atoms. The van der Waals surface area contributed by atoms with Crippen molar-refractivity contribution in [3.63, 3.8) is 0 Å². The Morgan fingerprint density at radius 1 is 0.565 bits per heavy atom. The predicted molar refractivity (Wildman–Crippen MR) is 185 cm³/mol. The largest absolute Gasteiger partial charge is 0.469 e. The Morgan fingerprint density at radius 3 is 1.37 bits per heavy atom. The van der Waals surface area contributed by atoms with Gasteiger partial charge in [-0.25, -0.2) is 0 Å². The Labute approximate surface area is 273 Å². The molecule has 0 fully saturated rings. The predicted octanol–water partition coefficient (Wildman–Crippen LogP) is 8.09. The number of carbonyl (C=O) groups excluding carboxylic acids is 4. The first-order valence-electron chi connectivity index (χ1n) is 16.0. The van der Waals surface area contributed by atoms with E-state index in [0.29, 0.717) is 41.9 Å². The van der Waals surface area contributed by atoms with Gasteiger partial charge in [0.05, 0.1) is 7.11 Å². The number of unbranched alkanes of at least 4 members (excludes halogenated alkanes) is 3. The third-order valence-corrected chi connectivity index (χ3v) is 7.85. The van der Waals surface area contributed by atoms with Crippen molar-refractivity contribution in [1.29, 1.82) is 0 Å². The molecule has 3 amide bonds. The minimum absolute atomic E-state index is 0.0314. The van der Waals surface area contributed by atoms with Crippen molar-refractivity contribution in [2.45, 2.75) is 96.8 Å². The molecular formula is C38H49N3O5. The van der Waals surface area contributed by atoms with E-state index in [1.807, 2.05) is 48.5 Å². The summed E-state index contributed by atoms with van der Waals surface area (Å²) < 4.78 is 4.64. The number of anilines is 3. The van der Waals surface area contributed by atoms with Crippen LogP contribution in [0.2, 0.25) is 0 Å². The molecule has 0 unspecified atom stereocenters. The Kier molecular flexibility index (Phi) is 12.7. The number of rotatable bonds is 13. The van der Waals surface area contributed by atoms with E-state index in [9.17, 15) is 19.2 Å². The van der Waals surface area contributed by atoms with Gasteiger partial charge in [-0.15, -0.1) is 0 Å². The number of methoxy groups -OCH3 is 1. The molecule has 8 heteroatoms. The third kappa shape index (κ3) is 11.2. The van der Waals surface area contributed by atoms with E-state index in [2.05, 4.69) is 62.2 Å². The van der Waals surface area contributed by atoms with E-state index < -0.39 is 17.7 Å². The highest BCUT2D eigenvalue weighted by atomic mass is 16.5. The summed E-state index contributed by atoms with van der Waals surface area (Å²) >= 11 is 0. The smallest absolute Gasteiger partial charge is 0.305 e. The van der Waals surface area contributed by atoms with Crippen LogP contribution in [0, 0.1) is 0 Å². The number of hydrogen-bond donors (Lipinski definition) is 3. The summed E-state index contributed by atoms with van der Waals surface area (Å²) in [6.07, 6.45) is 3.88. The van der Waals surface area contributed by atoms with Gasteiger partial charge in [0.1, 0.15) is 5.92 Å². The van der Waals surface area contributed by atoms with Crippen LogP contribution in [0.4, 0.5) is 17.1 Å². The molecule has 0 aliphatic carbocycles. The Bertz CT molecular complexity index is 1390. The average Bonchev–Trinajstić information content (AvgIpc) is 2.99. The van der Waals surface area contributed by atoms with E-state index in [1.54, 1.807) is 24.3 Å². The molecule has 8 nitrogen and oxygen atoms in total. The van der Waals surface area contributed by atoms with Crippen LogP contribution in [0.5, 0.6) is 0 Å². The summed E-state index contributed by atoms with van der Waals surface area (Å²) in [5.41, 5.74) is 4.47. The lowest BCUT2D eigenvalue weighted by Gasteiger charge is -2.21. The minimum Gasteiger partial charge on any atom is -0.469 e. The molecule has 246 valence electrons. The van der Waals surface area contributed by atoms with Crippen molar-refractivity contribution >= 4 is 40.8 Å².